The van der Waals surface area contributed by atoms with E-state index in [9.17, 15) is 8.78 Å². The van der Waals surface area contributed by atoms with Crippen LogP contribution in [0.3, 0.4) is 0 Å². The van der Waals surface area contributed by atoms with Crippen molar-refractivity contribution in [3.8, 4) is 0 Å². The summed E-state index contributed by atoms with van der Waals surface area (Å²) in [6.45, 7) is 1.70. The van der Waals surface area contributed by atoms with Crippen molar-refractivity contribution < 1.29 is 18.3 Å². The van der Waals surface area contributed by atoms with Gasteiger partial charge in [0, 0.05) is 5.56 Å². The van der Waals surface area contributed by atoms with E-state index in [4.69, 9.17) is 21.1 Å². The van der Waals surface area contributed by atoms with Crippen molar-refractivity contribution in [1.29, 1.82) is 0 Å². The molecular weight excluding hydrogens is 214 g/mol. The van der Waals surface area contributed by atoms with E-state index in [1.54, 1.807) is 6.92 Å². The third-order valence-electron chi connectivity index (χ3n) is 1.92. The topological polar surface area (TPSA) is 18.5 Å². The van der Waals surface area contributed by atoms with E-state index >= 15 is 0 Å². The fourth-order valence-corrected chi connectivity index (χ4v) is 1.46. The summed E-state index contributed by atoms with van der Waals surface area (Å²) in [5, 5.41) is 0.0980. The van der Waals surface area contributed by atoms with Gasteiger partial charge in [-0.15, -0.1) is 0 Å². The van der Waals surface area contributed by atoms with Gasteiger partial charge in [0.25, 0.3) is 0 Å². The molecule has 76 valence electrons. The number of benzene rings is 1. The van der Waals surface area contributed by atoms with Crippen LogP contribution in [0.25, 0.3) is 0 Å². The molecule has 0 aliphatic carbocycles. The maximum Gasteiger partial charge on any atom is 0.191 e. The Morgan fingerprint density at radius 1 is 1.21 bits per heavy atom. The molecule has 5 heteroatoms. The van der Waals surface area contributed by atoms with Crippen LogP contribution in [0, 0.1) is 11.6 Å². The van der Waals surface area contributed by atoms with Crippen LogP contribution in [0.1, 0.15) is 18.8 Å². The average Bonchev–Trinajstić information content (AvgIpc) is 2.07. The first-order chi connectivity index (χ1) is 6.58. The molecule has 1 heterocycles. The number of halogens is 3. The van der Waals surface area contributed by atoms with E-state index in [1.165, 1.54) is 0 Å². The van der Waals surface area contributed by atoms with Crippen LogP contribution < -0.4 is 0 Å². The van der Waals surface area contributed by atoms with Gasteiger partial charge in [-0.2, -0.15) is 0 Å². The van der Waals surface area contributed by atoms with Crippen LogP contribution in [0.4, 0.5) is 8.78 Å². The van der Waals surface area contributed by atoms with Gasteiger partial charge >= 0.3 is 0 Å². The monoisotopic (exact) mass is 220 g/mol. The average molecular weight is 221 g/mol. The zero-order valence-electron chi connectivity index (χ0n) is 7.26. The van der Waals surface area contributed by atoms with Gasteiger partial charge in [0.05, 0.1) is 5.02 Å². The molecule has 0 aromatic heterocycles. The van der Waals surface area contributed by atoms with Crippen LogP contribution in [0.2, 0.25) is 5.02 Å². The molecule has 0 radical (unpaired) electrons. The Kier molecular flexibility index (Phi) is 2.43. The summed E-state index contributed by atoms with van der Waals surface area (Å²) in [5.74, 6) is -1.94. The van der Waals surface area contributed by atoms with Crippen molar-refractivity contribution in [3.05, 3.63) is 34.4 Å². The van der Waals surface area contributed by atoms with Gasteiger partial charge in [-0.3, -0.25) is 0 Å². The first-order valence-electron chi connectivity index (χ1n) is 4.03. The van der Waals surface area contributed by atoms with Crippen molar-refractivity contribution in [1.82, 2.24) is 0 Å². The number of rotatable bonds is 1. The van der Waals surface area contributed by atoms with E-state index < -0.39 is 17.9 Å². The summed E-state index contributed by atoms with van der Waals surface area (Å²) in [5.41, 5.74) is 0.309. The van der Waals surface area contributed by atoms with Gasteiger partial charge in [0.15, 0.2) is 24.2 Å². The lowest BCUT2D eigenvalue weighted by molar-refractivity contribution is -0.382. The largest absolute Gasteiger partial charge is 0.319 e. The van der Waals surface area contributed by atoms with Crippen molar-refractivity contribution in [3.63, 3.8) is 0 Å². The van der Waals surface area contributed by atoms with Crippen LogP contribution in [-0.4, -0.2) is 6.29 Å². The molecule has 1 aromatic rings. The lowest BCUT2D eigenvalue weighted by atomic mass is 10.2. The summed E-state index contributed by atoms with van der Waals surface area (Å²) in [4.78, 5) is 0. The third-order valence-corrected chi connectivity index (χ3v) is 2.25. The molecule has 0 bridgehead atoms. The minimum absolute atomic E-state index is 0.0980. The Balaban J connectivity index is 2.30. The molecule has 0 unspecified atom stereocenters. The van der Waals surface area contributed by atoms with Crippen molar-refractivity contribution in [2.24, 2.45) is 0 Å². The normalized spacial score (nSPS) is 26.0. The molecule has 1 aliphatic rings. The molecule has 1 aliphatic heterocycles. The first kappa shape index (κ1) is 9.83. The highest BCUT2D eigenvalue weighted by atomic mass is 35.5. The Hall–Kier alpha value is -0.710. The lowest BCUT2D eigenvalue weighted by Gasteiger charge is -2.34. The molecule has 1 aromatic carbocycles. The molecule has 0 spiro atoms. The Bertz CT molecular complexity index is 364. The quantitative estimate of drug-likeness (QED) is 0.678. The van der Waals surface area contributed by atoms with Crippen LogP contribution in [-0.2, 0) is 9.47 Å². The Morgan fingerprint density at radius 3 is 2.36 bits per heavy atom. The number of hydrogen-bond donors (Lipinski definition) is 0. The van der Waals surface area contributed by atoms with Gasteiger partial charge in [-0.05, 0) is 19.1 Å². The Morgan fingerprint density at radius 2 is 1.79 bits per heavy atom. The maximum absolute atomic E-state index is 12.8. The fourth-order valence-electron chi connectivity index (χ4n) is 1.22. The van der Waals surface area contributed by atoms with E-state index in [2.05, 4.69) is 0 Å². The second-order valence-electron chi connectivity index (χ2n) is 2.96. The van der Waals surface area contributed by atoms with Crippen molar-refractivity contribution >= 4 is 11.6 Å². The second-order valence-corrected chi connectivity index (χ2v) is 3.37. The van der Waals surface area contributed by atoms with Gasteiger partial charge in [-0.25, -0.2) is 8.78 Å². The molecular formula is C9H7ClF2O2. The van der Waals surface area contributed by atoms with Gasteiger partial charge in [0.1, 0.15) is 0 Å². The molecule has 1 saturated heterocycles. The predicted octanol–water partition coefficient (Wildman–Crippen LogP) is 3.01. The minimum atomic E-state index is -0.980. The van der Waals surface area contributed by atoms with E-state index in [0.29, 0.717) is 5.56 Å². The zero-order valence-corrected chi connectivity index (χ0v) is 8.02. The molecule has 2 nitrogen and oxygen atoms in total. The number of hydrogen-bond acceptors (Lipinski definition) is 2. The first-order valence-corrected chi connectivity index (χ1v) is 4.41. The standard InChI is InChI=1S/C9H7ClF2O2/c1-4-13-9(14-4)5-2-7(11)8(12)3-6(5)10/h2-4,9H,1H3. The maximum atomic E-state index is 12.8. The summed E-state index contributed by atoms with van der Waals surface area (Å²) in [7, 11) is 0. The van der Waals surface area contributed by atoms with Crippen molar-refractivity contribution in [2.75, 3.05) is 0 Å². The van der Waals surface area contributed by atoms with Gasteiger partial charge in [0.2, 0.25) is 0 Å². The third kappa shape index (κ3) is 1.61. The van der Waals surface area contributed by atoms with Crippen molar-refractivity contribution in [2.45, 2.75) is 19.5 Å². The van der Waals surface area contributed by atoms with Crippen LogP contribution in [0.15, 0.2) is 12.1 Å². The molecule has 0 amide bonds. The zero-order chi connectivity index (χ0) is 10.3. The highest BCUT2D eigenvalue weighted by Gasteiger charge is 2.31. The van der Waals surface area contributed by atoms with E-state index in [-0.39, 0.29) is 11.3 Å². The minimum Gasteiger partial charge on any atom is -0.319 e. The fraction of sp³-hybridized carbons (Fsp3) is 0.333. The van der Waals surface area contributed by atoms with Crippen LogP contribution in [0.5, 0.6) is 0 Å². The SMILES string of the molecule is CC1OC(c2cc(F)c(F)cc2Cl)O1. The molecule has 1 fully saturated rings. The predicted molar refractivity (Wildman–Crippen MR) is 45.7 cm³/mol. The highest BCUT2D eigenvalue weighted by molar-refractivity contribution is 6.31. The lowest BCUT2D eigenvalue weighted by Crippen LogP contribution is -2.31. The molecule has 0 atom stereocenters. The summed E-state index contributed by atoms with van der Waals surface area (Å²) < 4.78 is 35.7. The van der Waals surface area contributed by atoms with E-state index in [0.717, 1.165) is 12.1 Å². The molecule has 0 saturated carbocycles. The van der Waals surface area contributed by atoms with E-state index in [1.807, 2.05) is 0 Å². The molecule has 2 rings (SSSR count). The Labute approximate surface area is 84.4 Å². The van der Waals surface area contributed by atoms with Gasteiger partial charge in [-0.1, -0.05) is 11.6 Å². The summed E-state index contributed by atoms with van der Waals surface area (Å²) >= 11 is 5.69. The second kappa shape index (κ2) is 3.46. The molecule has 0 N–H and O–H groups in total. The van der Waals surface area contributed by atoms with Gasteiger partial charge < -0.3 is 9.47 Å². The smallest absolute Gasteiger partial charge is 0.191 e. The molecule has 14 heavy (non-hydrogen) atoms. The number of ether oxygens (including phenoxy) is 2. The summed E-state index contributed by atoms with van der Waals surface area (Å²) in [6.07, 6.45) is -1.02. The van der Waals surface area contributed by atoms with Crippen LogP contribution >= 0.6 is 11.6 Å². The highest BCUT2D eigenvalue weighted by Crippen LogP contribution is 2.36. The summed E-state index contributed by atoms with van der Waals surface area (Å²) in [6, 6.07) is 1.89.